The van der Waals surface area contributed by atoms with Crippen molar-refractivity contribution < 1.29 is 80.2 Å². The van der Waals surface area contributed by atoms with Crippen molar-refractivity contribution in [3.63, 3.8) is 0 Å². The third-order valence-electron chi connectivity index (χ3n) is 16.2. The molecule has 3 N–H and O–H groups in total. The Morgan fingerprint density at radius 3 is 0.836 bits per heavy atom. The van der Waals surface area contributed by atoms with E-state index in [2.05, 4.69) is 198 Å². The number of rotatable bonds is 75. The van der Waals surface area contributed by atoms with Crippen molar-refractivity contribution in [1.29, 1.82) is 0 Å². The predicted molar refractivity (Wildman–Crippen MR) is 454 cm³/mol. The number of aliphatic hydroxyl groups excluding tert-OH is 1. The third kappa shape index (κ3) is 79.7. The van der Waals surface area contributed by atoms with Gasteiger partial charge >= 0.3 is 39.5 Å². The summed E-state index contributed by atoms with van der Waals surface area (Å²) in [4.78, 5) is 73.1. The monoisotopic (exact) mass is 1570 g/mol. The summed E-state index contributed by atoms with van der Waals surface area (Å²) in [5.74, 6) is -2.44. The molecule has 0 aliphatic carbocycles. The van der Waals surface area contributed by atoms with Gasteiger partial charge in [0.05, 0.1) is 26.4 Å². The molecule has 0 aromatic heterocycles. The zero-order valence-corrected chi connectivity index (χ0v) is 69.6. The molecule has 5 atom stereocenters. The quantitative estimate of drug-likeness (QED) is 0.0169. The second-order valence-electron chi connectivity index (χ2n) is 26.6. The summed E-state index contributed by atoms with van der Waals surface area (Å²) in [6.07, 6.45) is 101. The van der Waals surface area contributed by atoms with Crippen LogP contribution < -0.4 is 0 Å². The predicted octanol–water partition coefficient (Wildman–Crippen LogP) is 24.7. The lowest BCUT2D eigenvalue weighted by atomic mass is 10.1. The highest BCUT2D eigenvalue weighted by atomic mass is 31.2. The molecule has 0 radical (unpaired) electrons. The molecule has 110 heavy (non-hydrogen) atoms. The molecule has 0 saturated heterocycles. The molecule has 0 aliphatic rings. The van der Waals surface area contributed by atoms with Gasteiger partial charge < -0.3 is 33.8 Å². The fraction of sp³-hybridized carbons (Fsp3) is 0.582. The van der Waals surface area contributed by atoms with E-state index in [-0.39, 0.29) is 25.7 Å². The number of hydrogen-bond donors (Lipinski definition) is 3. The summed E-state index contributed by atoms with van der Waals surface area (Å²) in [5, 5.41) is 10.7. The van der Waals surface area contributed by atoms with Gasteiger partial charge in [-0.1, -0.05) is 292 Å². The van der Waals surface area contributed by atoms with E-state index in [1.165, 1.54) is 44.9 Å². The number of phosphoric ester groups is 2. The van der Waals surface area contributed by atoms with Crippen LogP contribution in [0, 0.1) is 0 Å². The van der Waals surface area contributed by atoms with Gasteiger partial charge in [-0.3, -0.25) is 37.3 Å². The maximum absolute atomic E-state index is 13.1. The molecular formula is C91H144O17P2. The van der Waals surface area contributed by atoms with Gasteiger partial charge in [0, 0.05) is 25.7 Å². The summed E-state index contributed by atoms with van der Waals surface area (Å²) in [6, 6.07) is 0. The number of hydrogen-bond acceptors (Lipinski definition) is 15. The lowest BCUT2D eigenvalue weighted by molar-refractivity contribution is -0.161. The van der Waals surface area contributed by atoms with E-state index < -0.39 is 97.5 Å². The van der Waals surface area contributed by atoms with E-state index in [1.54, 1.807) is 0 Å². The maximum atomic E-state index is 13.1. The van der Waals surface area contributed by atoms with Crippen LogP contribution in [0.25, 0.3) is 0 Å². The first-order valence-electron chi connectivity index (χ1n) is 41.3. The van der Waals surface area contributed by atoms with Crippen LogP contribution in [0.3, 0.4) is 0 Å². The van der Waals surface area contributed by atoms with E-state index in [9.17, 15) is 43.2 Å². The second kappa shape index (κ2) is 80.7. The van der Waals surface area contributed by atoms with Gasteiger partial charge in [-0.25, -0.2) is 9.13 Å². The van der Waals surface area contributed by atoms with Crippen LogP contribution in [0.2, 0.25) is 0 Å². The van der Waals surface area contributed by atoms with Crippen molar-refractivity contribution in [3.8, 4) is 0 Å². The van der Waals surface area contributed by atoms with Crippen LogP contribution in [-0.4, -0.2) is 96.7 Å². The zero-order chi connectivity index (χ0) is 80.3. The normalized spacial score (nSPS) is 14.9. The number of carbonyl (C=O) groups excluding carboxylic acids is 4. The lowest BCUT2D eigenvalue weighted by Gasteiger charge is -2.21. The molecule has 0 heterocycles. The molecule has 0 spiro atoms. The highest BCUT2D eigenvalue weighted by Gasteiger charge is 2.30. The molecule has 0 fully saturated rings. The minimum atomic E-state index is -5.03. The lowest BCUT2D eigenvalue weighted by Crippen LogP contribution is -2.30. The average molecular weight is 1570 g/mol. The number of ether oxygens (including phenoxy) is 4. The van der Waals surface area contributed by atoms with E-state index in [1.807, 2.05) is 36.5 Å². The van der Waals surface area contributed by atoms with Crippen molar-refractivity contribution in [2.24, 2.45) is 0 Å². The molecular weight excluding hydrogens is 1430 g/mol. The first-order chi connectivity index (χ1) is 53.7. The number of phosphoric acid groups is 2. The molecule has 2 unspecified atom stereocenters. The van der Waals surface area contributed by atoms with Gasteiger partial charge in [-0.2, -0.15) is 0 Å². The summed E-state index contributed by atoms with van der Waals surface area (Å²) in [6.45, 7) is 4.36. The number of allylic oxidation sites excluding steroid dienone is 34. The summed E-state index contributed by atoms with van der Waals surface area (Å²) in [5.41, 5.74) is 0. The fourth-order valence-corrected chi connectivity index (χ4v) is 11.6. The Labute approximate surface area is 665 Å². The third-order valence-corrected chi connectivity index (χ3v) is 18.1. The van der Waals surface area contributed by atoms with E-state index in [0.29, 0.717) is 38.5 Å². The van der Waals surface area contributed by atoms with Crippen LogP contribution in [0.15, 0.2) is 207 Å². The molecule has 19 heteroatoms. The largest absolute Gasteiger partial charge is 0.472 e. The molecule has 620 valence electrons. The first kappa shape index (κ1) is 104. The summed E-state index contributed by atoms with van der Waals surface area (Å²) >= 11 is 0. The Morgan fingerprint density at radius 2 is 0.491 bits per heavy atom. The molecule has 0 aliphatic heterocycles. The molecule has 0 aromatic rings. The first-order valence-corrected chi connectivity index (χ1v) is 44.3. The smallest absolute Gasteiger partial charge is 0.462 e. The van der Waals surface area contributed by atoms with Crippen LogP contribution >= 0.6 is 15.6 Å². The SMILES string of the molecule is CC/C=C\C/C=C\C/C=C\C/C=C\C/C=C\C/C=C\CCC(=O)O[C@H](COC(=O)CC/C=C\C/C=C\C/C=C\C/C=C\C/C=C\CCCCC)COP(=O)(O)OC[C@@H](O)COP(=O)(O)OC[C@@H](COC(=O)CCCCCCC/C=C\CCCCCC)OC(=O)CCCCC/C=C\C/C=C\C/C=C\C/C=C\C/C=C\CC. The number of aliphatic hydroxyl groups is 1. The Balaban J connectivity index is 5.57. The Bertz CT molecular complexity index is 2900. The number of unbranched alkanes of at least 4 members (excludes halogenated alkanes) is 15. The van der Waals surface area contributed by atoms with Crippen LogP contribution in [0.5, 0.6) is 0 Å². The average Bonchev–Trinajstić information content (AvgIpc) is 0.905. The molecule has 0 saturated carbocycles. The minimum Gasteiger partial charge on any atom is -0.462 e. The summed E-state index contributed by atoms with van der Waals surface area (Å²) in [7, 11) is -10.0. The highest BCUT2D eigenvalue weighted by Crippen LogP contribution is 2.45. The highest BCUT2D eigenvalue weighted by molar-refractivity contribution is 7.47. The Hall–Kier alpha value is -6.36. The molecule has 0 bridgehead atoms. The van der Waals surface area contributed by atoms with Gasteiger partial charge in [-0.15, -0.1) is 0 Å². The van der Waals surface area contributed by atoms with Crippen LogP contribution in [-0.2, 0) is 65.4 Å². The molecule has 0 amide bonds. The van der Waals surface area contributed by atoms with Crippen molar-refractivity contribution in [1.82, 2.24) is 0 Å². The van der Waals surface area contributed by atoms with E-state index in [0.717, 1.165) is 148 Å². The Morgan fingerprint density at radius 1 is 0.264 bits per heavy atom. The van der Waals surface area contributed by atoms with Crippen molar-refractivity contribution in [2.75, 3.05) is 39.6 Å². The molecule has 0 rings (SSSR count). The molecule has 17 nitrogen and oxygen atoms in total. The van der Waals surface area contributed by atoms with Crippen molar-refractivity contribution >= 4 is 39.5 Å². The minimum absolute atomic E-state index is 0.0127. The van der Waals surface area contributed by atoms with E-state index >= 15 is 0 Å². The van der Waals surface area contributed by atoms with Gasteiger partial charge in [0.2, 0.25) is 0 Å². The number of carbonyl (C=O) groups is 4. The van der Waals surface area contributed by atoms with Gasteiger partial charge in [0.25, 0.3) is 0 Å². The van der Waals surface area contributed by atoms with Crippen molar-refractivity contribution in [2.45, 2.75) is 303 Å². The molecule has 0 aromatic carbocycles. The van der Waals surface area contributed by atoms with Gasteiger partial charge in [-0.05, 0) is 173 Å². The Kier molecular flexibility index (Phi) is 76.0. The summed E-state index contributed by atoms with van der Waals surface area (Å²) < 4.78 is 68.5. The fourth-order valence-electron chi connectivity index (χ4n) is 10.0. The zero-order valence-electron chi connectivity index (χ0n) is 67.8. The van der Waals surface area contributed by atoms with Crippen molar-refractivity contribution in [3.05, 3.63) is 207 Å². The maximum Gasteiger partial charge on any atom is 0.472 e. The van der Waals surface area contributed by atoms with Gasteiger partial charge in [0.1, 0.15) is 19.3 Å². The van der Waals surface area contributed by atoms with Gasteiger partial charge in [0.15, 0.2) is 12.2 Å². The van der Waals surface area contributed by atoms with Crippen LogP contribution in [0.1, 0.15) is 285 Å². The van der Waals surface area contributed by atoms with Crippen LogP contribution in [0.4, 0.5) is 0 Å². The second-order valence-corrected chi connectivity index (χ2v) is 29.5. The standard InChI is InChI=1S/C91H144O17P2/c1-5-9-13-17-21-25-29-33-36-39-42-45-48-52-56-60-64-68-72-76-89(94)102-82-87(108-91(96)78-74-70-66-62-58-54-50-47-44-41-38-35-31-27-23-19-15-11-7-3)84-106-110(99,100)104-80-85(92)79-103-109(97,98)105-83-86(81-101-88(93)75-71-67-63-59-55-51-32-28-24-20-16-12-8-4)107-90(95)77-73-69-65-61-57-53-49-46-43-40-37-34-30-26-22-18-14-10-6-2/h10-11,14-15,21-23,25-28,32-38,42-47,52-54,56-58,64,66,68,70,85-87,92H,5-9,12-13,16-20,24,29-31,39-41,48-51,55,59-63,65,67,69,71-84H2,1-4H3,(H,97,98)(H,99,100)/b14-10-,15-11-,25-21-,26-22-,27-23-,32-28-,36-33-,37-34-,38-35-,45-42-,46-43-,47-44-,56-52-,57-53-,58-54-,68-64-,70-66-/t85-,86+,87+/m0/s1. The number of esters is 4. The topological polar surface area (TPSA) is 237 Å². The van der Waals surface area contributed by atoms with E-state index in [4.69, 9.17) is 37.0 Å².